The number of rotatable bonds is 8. The Bertz CT molecular complexity index is 336. The van der Waals surface area contributed by atoms with Crippen molar-refractivity contribution < 1.29 is 19.5 Å². The van der Waals surface area contributed by atoms with Crippen LogP contribution in [0.25, 0.3) is 0 Å². The average molecular weight is 291 g/mol. The summed E-state index contributed by atoms with van der Waals surface area (Å²) in [5, 5.41) is 11.4. The fourth-order valence-electron chi connectivity index (χ4n) is 1.38. The van der Waals surface area contributed by atoms with Crippen molar-refractivity contribution in [3.05, 3.63) is 0 Å². The van der Waals surface area contributed by atoms with Crippen molar-refractivity contribution in [3.8, 4) is 0 Å². The number of carbonyl (C=O) groups excluding carboxylic acids is 2. The molecule has 0 spiro atoms. The van der Waals surface area contributed by atoms with E-state index in [1.807, 2.05) is 6.26 Å². The molecule has 0 aromatic carbocycles. The van der Waals surface area contributed by atoms with E-state index < -0.39 is 23.9 Å². The van der Waals surface area contributed by atoms with Gasteiger partial charge in [0.1, 0.15) is 12.6 Å². The molecule has 0 rings (SSSR count). The Morgan fingerprint density at radius 1 is 1.37 bits per heavy atom. The number of hydrogen-bond donors (Lipinski definition) is 3. The number of carboxylic acid groups (broad SMARTS) is 1. The minimum Gasteiger partial charge on any atom is -0.480 e. The third kappa shape index (κ3) is 6.90. The highest BCUT2D eigenvalue weighted by atomic mass is 32.2. The Kier molecular flexibility index (Phi) is 7.97. The minimum absolute atomic E-state index is 0.238. The van der Waals surface area contributed by atoms with Crippen LogP contribution in [0.1, 0.15) is 20.3 Å². The maximum atomic E-state index is 11.9. The van der Waals surface area contributed by atoms with Crippen molar-refractivity contribution in [1.29, 1.82) is 0 Å². The second-order valence-electron chi connectivity index (χ2n) is 4.31. The van der Waals surface area contributed by atoms with E-state index in [-0.39, 0.29) is 12.6 Å². The van der Waals surface area contributed by atoms with Gasteiger partial charge in [-0.1, -0.05) is 0 Å². The van der Waals surface area contributed by atoms with Gasteiger partial charge >= 0.3 is 12.0 Å². The molecule has 110 valence electrons. The number of primary amides is 1. The van der Waals surface area contributed by atoms with Crippen molar-refractivity contribution >= 4 is 29.7 Å². The van der Waals surface area contributed by atoms with Gasteiger partial charge < -0.3 is 21.1 Å². The molecule has 1 atom stereocenters. The molecule has 4 N–H and O–H groups in total. The Morgan fingerprint density at radius 2 is 1.95 bits per heavy atom. The topological polar surface area (TPSA) is 113 Å². The van der Waals surface area contributed by atoms with E-state index in [1.54, 1.807) is 13.8 Å². The van der Waals surface area contributed by atoms with Gasteiger partial charge in [-0.3, -0.25) is 4.79 Å². The molecule has 0 aromatic rings. The molecule has 0 aliphatic heterocycles. The monoisotopic (exact) mass is 291 g/mol. The fraction of sp³-hybridized carbons (Fsp3) is 0.727. The van der Waals surface area contributed by atoms with Crippen LogP contribution >= 0.6 is 11.8 Å². The van der Waals surface area contributed by atoms with Gasteiger partial charge in [-0.2, -0.15) is 11.8 Å². The number of nitrogens with zero attached hydrogens (tertiary/aromatic N) is 1. The summed E-state index contributed by atoms with van der Waals surface area (Å²) < 4.78 is 0. The zero-order chi connectivity index (χ0) is 15.0. The number of urea groups is 1. The molecule has 8 heteroatoms. The van der Waals surface area contributed by atoms with Crippen LogP contribution in [0, 0.1) is 0 Å². The van der Waals surface area contributed by atoms with E-state index in [0.29, 0.717) is 12.2 Å². The number of aliphatic carboxylic acids is 1. The van der Waals surface area contributed by atoms with Crippen LogP contribution in [0.4, 0.5) is 4.79 Å². The molecular weight excluding hydrogens is 270 g/mol. The third-order valence-electron chi connectivity index (χ3n) is 2.42. The molecule has 0 fully saturated rings. The lowest BCUT2D eigenvalue weighted by Crippen LogP contribution is -2.52. The number of nitrogens with two attached hydrogens (primary N) is 1. The highest BCUT2D eigenvalue weighted by Gasteiger charge is 2.25. The normalized spacial score (nSPS) is 12.0. The molecule has 0 aliphatic rings. The van der Waals surface area contributed by atoms with Crippen LogP contribution in [0.5, 0.6) is 0 Å². The molecular formula is C11H21N3O4S. The molecule has 0 saturated heterocycles. The van der Waals surface area contributed by atoms with Gasteiger partial charge in [0.2, 0.25) is 5.91 Å². The average Bonchev–Trinajstić information content (AvgIpc) is 2.30. The van der Waals surface area contributed by atoms with Crippen LogP contribution in [-0.4, -0.2) is 58.6 Å². The molecule has 0 radical (unpaired) electrons. The molecule has 0 aliphatic carbocycles. The maximum Gasteiger partial charge on any atom is 0.326 e. The predicted molar refractivity (Wildman–Crippen MR) is 74.0 cm³/mol. The first-order chi connectivity index (χ1) is 8.79. The summed E-state index contributed by atoms with van der Waals surface area (Å²) >= 11 is 1.50. The molecule has 19 heavy (non-hydrogen) atoms. The Hall–Kier alpha value is -1.44. The predicted octanol–water partition coefficient (Wildman–Crippen LogP) is 0.0980. The number of hydrogen-bond acceptors (Lipinski definition) is 4. The van der Waals surface area contributed by atoms with Crippen LogP contribution in [0.15, 0.2) is 0 Å². The highest BCUT2D eigenvalue weighted by Crippen LogP contribution is 2.04. The maximum absolute atomic E-state index is 11.9. The first-order valence-electron chi connectivity index (χ1n) is 5.86. The van der Waals surface area contributed by atoms with Gasteiger partial charge in [-0.05, 0) is 32.3 Å². The van der Waals surface area contributed by atoms with Gasteiger partial charge in [-0.15, -0.1) is 0 Å². The van der Waals surface area contributed by atoms with Gasteiger partial charge in [0.05, 0.1) is 0 Å². The first-order valence-corrected chi connectivity index (χ1v) is 7.26. The zero-order valence-corrected chi connectivity index (χ0v) is 12.2. The van der Waals surface area contributed by atoms with Gasteiger partial charge in [-0.25, -0.2) is 9.59 Å². The van der Waals surface area contributed by atoms with E-state index in [0.717, 1.165) is 0 Å². The summed E-state index contributed by atoms with van der Waals surface area (Å²) in [6.07, 6.45) is 2.18. The summed E-state index contributed by atoms with van der Waals surface area (Å²) in [5.74, 6) is -1.11. The SMILES string of the molecule is CSCC[C@H](NC(=O)N(CC(N)=O)C(C)C)C(=O)O. The Balaban J connectivity index is 4.65. The van der Waals surface area contributed by atoms with Crippen molar-refractivity contribution in [1.82, 2.24) is 10.2 Å². The van der Waals surface area contributed by atoms with Crippen LogP contribution in [-0.2, 0) is 9.59 Å². The minimum atomic E-state index is -1.09. The lowest BCUT2D eigenvalue weighted by atomic mass is 10.2. The number of carboxylic acids is 1. The van der Waals surface area contributed by atoms with Crippen molar-refractivity contribution in [2.45, 2.75) is 32.4 Å². The van der Waals surface area contributed by atoms with Crippen LogP contribution < -0.4 is 11.1 Å². The molecule has 0 bridgehead atoms. The van der Waals surface area contributed by atoms with Gasteiger partial charge in [0.25, 0.3) is 0 Å². The molecule has 0 unspecified atom stereocenters. The van der Waals surface area contributed by atoms with Gasteiger partial charge in [0.15, 0.2) is 0 Å². The lowest BCUT2D eigenvalue weighted by molar-refractivity contribution is -0.139. The van der Waals surface area contributed by atoms with E-state index in [1.165, 1.54) is 16.7 Å². The smallest absolute Gasteiger partial charge is 0.326 e. The standard InChI is InChI=1S/C11H21N3O4S/c1-7(2)14(6-9(12)15)11(18)13-8(10(16)17)4-5-19-3/h7-8H,4-6H2,1-3H3,(H2,12,15)(H,13,18)(H,16,17)/t8-/m0/s1. The second kappa shape index (κ2) is 8.63. The van der Waals surface area contributed by atoms with Gasteiger partial charge in [0, 0.05) is 6.04 Å². The molecule has 3 amide bonds. The Labute approximate surface area is 116 Å². The largest absolute Gasteiger partial charge is 0.480 e. The van der Waals surface area contributed by atoms with E-state index in [9.17, 15) is 14.4 Å². The molecule has 0 heterocycles. The summed E-state index contributed by atoms with van der Waals surface area (Å²) in [6, 6.07) is -1.81. The number of nitrogens with one attached hydrogen (secondary N) is 1. The first kappa shape index (κ1) is 17.6. The third-order valence-corrected chi connectivity index (χ3v) is 3.06. The zero-order valence-electron chi connectivity index (χ0n) is 11.4. The summed E-state index contributed by atoms with van der Waals surface area (Å²) in [6.45, 7) is 3.21. The lowest BCUT2D eigenvalue weighted by Gasteiger charge is -2.27. The van der Waals surface area contributed by atoms with E-state index >= 15 is 0 Å². The molecule has 0 aromatic heterocycles. The van der Waals surface area contributed by atoms with Crippen molar-refractivity contribution in [3.63, 3.8) is 0 Å². The van der Waals surface area contributed by atoms with Crippen molar-refractivity contribution in [2.24, 2.45) is 5.73 Å². The number of carbonyl (C=O) groups is 3. The summed E-state index contributed by atoms with van der Waals surface area (Å²) in [5.41, 5.74) is 5.06. The van der Waals surface area contributed by atoms with E-state index in [2.05, 4.69) is 5.32 Å². The van der Waals surface area contributed by atoms with E-state index in [4.69, 9.17) is 10.8 Å². The highest BCUT2D eigenvalue weighted by molar-refractivity contribution is 7.98. The second-order valence-corrected chi connectivity index (χ2v) is 5.30. The quantitative estimate of drug-likeness (QED) is 0.587. The molecule has 0 saturated carbocycles. The summed E-state index contributed by atoms with van der Waals surface area (Å²) in [7, 11) is 0. The number of amides is 3. The van der Waals surface area contributed by atoms with Crippen molar-refractivity contribution in [2.75, 3.05) is 18.6 Å². The number of thioether (sulfide) groups is 1. The Morgan fingerprint density at radius 3 is 2.32 bits per heavy atom. The fourth-order valence-corrected chi connectivity index (χ4v) is 1.85. The van der Waals surface area contributed by atoms with Crippen LogP contribution in [0.2, 0.25) is 0 Å². The molecule has 7 nitrogen and oxygen atoms in total. The van der Waals surface area contributed by atoms with Crippen LogP contribution in [0.3, 0.4) is 0 Å². The summed E-state index contributed by atoms with van der Waals surface area (Å²) in [4.78, 5) is 35.1.